The highest BCUT2D eigenvalue weighted by molar-refractivity contribution is 5.11. The van der Waals surface area contributed by atoms with Gasteiger partial charge in [-0.15, -0.1) is 0 Å². The average molecular weight is 180 g/mol. The Bertz CT molecular complexity index is 230. The van der Waals surface area contributed by atoms with E-state index < -0.39 is 0 Å². The SMILES string of the molecule is CC1(C)C2CC3CC(C2)CC1(O)C3. The minimum Gasteiger partial charge on any atom is -0.389 e. The van der Waals surface area contributed by atoms with Gasteiger partial charge in [0.25, 0.3) is 0 Å². The highest BCUT2D eigenvalue weighted by Gasteiger charge is 2.60. The largest absolute Gasteiger partial charge is 0.389 e. The van der Waals surface area contributed by atoms with Crippen LogP contribution in [0.15, 0.2) is 0 Å². The van der Waals surface area contributed by atoms with Gasteiger partial charge < -0.3 is 5.11 Å². The van der Waals surface area contributed by atoms with Crippen LogP contribution >= 0.6 is 0 Å². The number of hydrogen-bond acceptors (Lipinski definition) is 1. The first-order valence-corrected chi connectivity index (χ1v) is 5.74. The summed E-state index contributed by atoms with van der Waals surface area (Å²) in [6.45, 7) is 4.57. The van der Waals surface area contributed by atoms with Crippen LogP contribution in [0.1, 0.15) is 46.0 Å². The molecule has 0 aromatic carbocycles. The Morgan fingerprint density at radius 3 is 2.00 bits per heavy atom. The van der Waals surface area contributed by atoms with Crippen molar-refractivity contribution in [3.63, 3.8) is 0 Å². The Balaban J connectivity index is 2.03. The van der Waals surface area contributed by atoms with E-state index in [1.165, 1.54) is 19.3 Å². The van der Waals surface area contributed by atoms with Crippen molar-refractivity contribution in [3.05, 3.63) is 0 Å². The molecule has 0 amide bonds. The molecule has 0 radical (unpaired) electrons. The van der Waals surface area contributed by atoms with Crippen molar-refractivity contribution in [2.45, 2.75) is 51.6 Å². The molecule has 4 saturated carbocycles. The van der Waals surface area contributed by atoms with Crippen LogP contribution < -0.4 is 0 Å². The topological polar surface area (TPSA) is 20.2 Å². The van der Waals surface area contributed by atoms with E-state index in [4.69, 9.17) is 0 Å². The Morgan fingerprint density at radius 2 is 1.54 bits per heavy atom. The van der Waals surface area contributed by atoms with Gasteiger partial charge in [0.2, 0.25) is 0 Å². The molecule has 4 bridgehead atoms. The fraction of sp³-hybridized carbons (Fsp3) is 1.00. The standard InChI is InChI=1S/C12H20O/c1-11(2)10-4-8-3-9(5-10)7-12(11,13)6-8/h8-10,13H,3-7H2,1-2H3. The summed E-state index contributed by atoms with van der Waals surface area (Å²) < 4.78 is 0. The molecular formula is C12H20O. The minimum atomic E-state index is -0.304. The van der Waals surface area contributed by atoms with Crippen LogP contribution in [0, 0.1) is 23.2 Å². The summed E-state index contributed by atoms with van der Waals surface area (Å²) in [5.41, 5.74) is -0.109. The van der Waals surface area contributed by atoms with Crippen LogP contribution in [0.4, 0.5) is 0 Å². The van der Waals surface area contributed by atoms with E-state index in [1.54, 1.807) is 0 Å². The van der Waals surface area contributed by atoms with Crippen LogP contribution in [-0.2, 0) is 0 Å². The Labute approximate surface area is 80.5 Å². The Kier molecular flexibility index (Phi) is 1.36. The second kappa shape index (κ2) is 2.13. The second-order valence-corrected chi connectivity index (χ2v) is 6.30. The highest BCUT2D eigenvalue weighted by atomic mass is 16.3. The van der Waals surface area contributed by atoms with E-state index in [-0.39, 0.29) is 11.0 Å². The Hall–Kier alpha value is -0.0400. The lowest BCUT2D eigenvalue weighted by Crippen LogP contribution is -2.61. The quantitative estimate of drug-likeness (QED) is 0.607. The predicted octanol–water partition coefficient (Wildman–Crippen LogP) is 2.58. The van der Waals surface area contributed by atoms with Gasteiger partial charge in [-0.1, -0.05) is 13.8 Å². The molecule has 2 atom stereocenters. The number of aliphatic hydroxyl groups is 1. The van der Waals surface area contributed by atoms with Gasteiger partial charge in [0, 0.05) is 0 Å². The molecule has 0 aromatic rings. The molecule has 4 rings (SSSR count). The Morgan fingerprint density at radius 1 is 1.00 bits per heavy atom. The summed E-state index contributed by atoms with van der Waals surface area (Å²) in [5, 5.41) is 10.6. The van der Waals surface area contributed by atoms with Gasteiger partial charge in [-0.3, -0.25) is 0 Å². The van der Waals surface area contributed by atoms with Gasteiger partial charge in [0.05, 0.1) is 5.60 Å². The van der Waals surface area contributed by atoms with Crippen LogP contribution in [0.3, 0.4) is 0 Å². The number of hydrogen-bond donors (Lipinski definition) is 1. The van der Waals surface area contributed by atoms with Crippen LogP contribution in [-0.4, -0.2) is 10.7 Å². The highest BCUT2D eigenvalue weighted by Crippen LogP contribution is 2.63. The maximum Gasteiger partial charge on any atom is 0.0706 e. The van der Waals surface area contributed by atoms with E-state index in [2.05, 4.69) is 13.8 Å². The molecular weight excluding hydrogens is 160 g/mol. The lowest BCUT2D eigenvalue weighted by Gasteiger charge is -2.63. The maximum absolute atomic E-state index is 10.6. The monoisotopic (exact) mass is 180 g/mol. The van der Waals surface area contributed by atoms with E-state index >= 15 is 0 Å². The second-order valence-electron chi connectivity index (χ2n) is 6.30. The first-order valence-electron chi connectivity index (χ1n) is 5.74. The van der Waals surface area contributed by atoms with E-state index in [9.17, 15) is 5.11 Å². The molecule has 4 aliphatic carbocycles. The molecule has 1 nitrogen and oxygen atoms in total. The molecule has 0 aromatic heterocycles. The molecule has 74 valence electrons. The molecule has 1 N–H and O–H groups in total. The van der Waals surface area contributed by atoms with Gasteiger partial charge in [-0.25, -0.2) is 0 Å². The van der Waals surface area contributed by atoms with Gasteiger partial charge in [0.15, 0.2) is 0 Å². The molecule has 4 fully saturated rings. The van der Waals surface area contributed by atoms with E-state index in [1.807, 2.05) is 0 Å². The zero-order chi connectivity index (χ0) is 9.27. The molecule has 4 aliphatic rings. The lowest BCUT2D eigenvalue weighted by atomic mass is 9.44. The summed E-state index contributed by atoms with van der Waals surface area (Å²) in [4.78, 5) is 0. The molecule has 0 saturated heterocycles. The normalized spacial score (nSPS) is 57.0. The molecule has 13 heavy (non-hydrogen) atoms. The smallest absolute Gasteiger partial charge is 0.0706 e. The maximum atomic E-state index is 10.6. The van der Waals surface area contributed by atoms with E-state index in [0.29, 0.717) is 0 Å². The third-order valence-electron chi connectivity index (χ3n) is 5.38. The fourth-order valence-electron chi connectivity index (χ4n) is 4.43. The zero-order valence-corrected chi connectivity index (χ0v) is 8.71. The van der Waals surface area contributed by atoms with Crippen molar-refractivity contribution < 1.29 is 5.11 Å². The number of rotatable bonds is 0. The first-order chi connectivity index (χ1) is 6.01. The van der Waals surface area contributed by atoms with Crippen molar-refractivity contribution in [2.24, 2.45) is 23.2 Å². The average Bonchev–Trinajstić information content (AvgIpc) is 1.99. The van der Waals surface area contributed by atoms with Crippen molar-refractivity contribution >= 4 is 0 Å². The zero-order valence-electron chi connectivity index (χ0n) is 8.71. The fourth-order valence-corrected chi connectivity index (χ4v) is 4.43. The van der Waals surface area contributed by atoms with Gasteiger partial charge in [-0.2, -0.15) is 0 Å². The molecule has 0 spiro atoms. The van der Waals surface area contributed by atoms with Crippen LogP contribution in [0.25, 0.3) is 0 Å². The van der Waals surface area contributed by atoms with Crippen molar-refractivity contribution in [2.75, 3.05) is 0 Å². The summed E-state index contributed by atoms with van der Waals surface area (Å²) in [7, 11) is 0. The third kappa shape index (κ3) is 0.869. The van der Waals surface area contributed by atoms with Gasteiger partial charge >= 0.3 is 0 Å². The van der Waals surface area contributed by atoms with Gasteiger partial charge in [-0.05, 0) is 55.3 Å². The third-order valence-corrected chi connectivity index (χ3v) is 5.38. The summed E-state index contributed by atoms with van der Waals surface area (Å²) in [5.74, 6) is 2.52. The molecule has 1 heteroatoms. The van der Waals surface area contributed by atoms with Crippen molar-refractivity contribution in [1.82, 2.24) is 0 Å². The van der Waals surface area contributed by atoms with Crippen molar-refractivity contribution in [1.29, 1.82) is 0 Å². The van der Waals surface area contributed by atoms with Crippen LogP contribution in [0.5, 0.6) is 0 Å². The summed E-state index contributed by atoms with van der Waals surface area (Å²) >= 11 is 0. The summed E-state index contributed by atoms with van der Waals surface area (Å²) in [6, 6.07) is 0. The minimum absolute atomic E-state index is 0.195. The lowest BCUT2D eigenvalue weighted by molar-refractivity contribution is -0.212. The molecule has 0 heterocycles. The predicted molar refractivity (Wildman–Crippen MR) is 52.3 cm³/mol. The first kappa shape index (κ1) is 8.28. The van der Waals surface area contributed by atoms with E-state index in [0.717, 1.165) is 30.6 Å². The molecule has 2 unspecified atom stereocenters. The molecule has 0 aliphatic heterocycles. The van der Waals surface area contributed by atoms with Crippen LogP contribution in [0.2, 0.25) is 0 Å². The van der Waals surface area contributed by atoms with Gasteiger partial charge in [0.1, 0.15) is 0 Å². The van der Waals surface area contributed by atoms with Crippen molar-refractivity contribution in [3.8, 4) is 0 Å². The summed E-state index contributed by atoms with van der Waals surface area (Å²) in [6.07, 6.45) is 6.38.